The SMILES string of the molecule is c1ccc(-c2ccccc2N(c2ccc(-c3ccc4c(c3)C3(c5ccccc5-4)c4ccc5ccccc5c4Oc4c3ccc3ccccc43)cc2)c2ccc(-c3ccc4c(c3)sc3ccccc34)cc2)cc1. The Kier molecular flexibility index (Phi) is 9.08. The molecule has 0 radical (unpaired) electrons. The van der Waals surface area contributed by atoms with Gasteiger partial charge < -0.3 is 9.64 Å². The van der Waals surface area contributed by atoms with E-state index in [4.69, 9.17) is 4.74 Å². The number of hydrogen-bond acceptors (Lipinski definition) is 3. The third-order valence-corrected chi connectivity index (χ3v) is 16.5. The minimum absolute atomic E-state index is 0.618. The first-order chi connectivity index (χ1) is 35.7. The molecule has 0 saturated carbocycles. The standard InChI is InChI=1S/C69H43NOS/c1-2-14-46(15-3-1)53-18-9-12-24-64(53)70(52-36-28-45(29-37-52)50-31-39-59-58-22-10-13-25-65(58)72-66(59)43-50)51-34-26-44(27-35-51)49-30-38-57-56-21-8-11-23-60(56)69(63(57)42-49)61-40-32-47-16-4-6-19-54(47)67(61)71-68-55-20-7-5-17-48(55)33-41-62(68)69/h1-43H. The van der Waals surface area contributed by atoms with Crippen LogP contribution in [0.25, 0.3) is 86.2 Å². The van der Waals surface area contributed by atoms with Gasteiger partial charge in [-0.1, -0.05) is 212 Å². The molecule has 0 atom stereocenters. The molecule has 1 spiro atoms. The van der Waals surface area contributed by atoms with E-state index >= 15 is 0 Å². The highest BCUT2D eigenvalue weighted by Gasteiger charge is 2.52. The molecule has 3 heteroatoms. The van der Waals surface area contributed by atoms with Crippen LogP contribution in [0.5, 0.6) is 11.5 Å². The topological polar surface area (TPSA) is 12.5 Å². The lowest BCUT2D eigenvalue weighted by Crippen LogP contribution is -2.32. The van der Waals surface area contributed by atoms with E-state index in [2.05, 4.69) is 266 Å². The van der Waals surface area contributed by atoms with Gasteiger partial charge in [0.05, 0.1) is 11.1 Å². The first-order valence-electron chi connectivity index (χ1n) is 24.7. The highest BCUT2D eigenvalue weighted by atomic mass is 32.1. The van der Waals surface area contributed by atoms with Gasteiger partial charge in [-0.25, -0.2) is 0 Å². The number of hydrogen-bond donors (Lipinski definition) is 0. The molecule has 2 aliphatic rings. The lowest BCUT2D eigenvalue weighted by molar-refractivity contribution is 0.447. The number of thiophene rings is 1. The van der Waals surface area contributed by atoms with Crippen LogP contribution in [-0.2, 0) is 5.41 Å². The number of anilines is 3. The number of ether oxygens (including phenoxy) is 1. The summed E-state index contributed by atoms with van der Waals surface area (Å²) in [5.74, 6) is 1.85. The molecule has 0 N–H and O–H groups in total. The molecule has 1 aliphatic carbocycles. The second-order valence-corrected chi connectivity index (χ2v) is 20.2. The zero-order valence-electron chi connectivity index (χ0n) is 39.1. The molecule has 1 aromatic heterocycles. The smallest absolute Gasteiger partial charge is 0.140 e. The number of nitrogens with zero attached hydrogens (tertiary/aromatic N) is 1. The summed E-state index contributed by atoms with van der Waals surface area (Å²) in [5, 5.41) is 7.20. The minimum Gasteiger partial charge on any atom is -0.455 e. The first kappa shape index (κ1) is 40.8. The van der Waals surface area contributed by atoms with Crippen LogP contribution in [-0.4, -0.2) is 0 Å². The monoisotopic (exact) mass is 933 g/mol. The van der Waals surface area contributed by atoms with E-state index < -0.39 is 5.41 Å². The van der Waals surface area contributed by atoms with Crippen LogP contribution in [0.1, 0.15) is 22.3 Å². The fourth-order valence-electron chi connectivity index (χ4n) is 12.1. The van der Waals surface area contributed by atoms with Gasteiger partial charge in [-0.2, -0.15) is 0 Å². The molecule has 336 valence electrons. The lowest BCUT2D eigenvalue weighted by Gasteiger charge is -2.40. The molecule has 0 saturated heterocycles. The van der Waals surface area contributed by atoms with Crippen LogP contribution in [0.3, 0.4) is 0 Å². The summed E-state index contributed by atoms with van der Waals surface area (Å²) >= 11 is 1.86. The van der Waals surface area contributed by atoms with Gasteiger partial charge in [0, 0.05) is 59.0 Å². The molecule has 1 aliphatic heterocycles. The van der Waals surface area contributed by atoms with Gasteiger partial charge in [-0.3, -0.25) is 0 Å². The number of para-hydroxylation sites is 1. The van der Waals surface area contributed by atoms with Crippen molar-refractivity contribution in [2.75, 3.05) is 4.90 Å². The van der Waals surface area contributed by atoms with Crippen molar-refractivity contribution in [2.24, 2.45) is 0 Å². The summed E-state index contributed by atoms with van der Waals surface area (Å²) in [6.07, 6.45) is 0. The van der Waals surface area contributed by atoms with E-state index in [1.807, 2.05) is 11.3 Å². The molecule has 0 amide bonds. The minimum atomic E-state index is -0.618. The van der Waals surface area contributed by atoms with E-state index in [9.17, 15) is 0 Å². The Balaban J connectivity index is 0.873. The maximum absolute atomic E-state index is 7.23. The van der Waals surface area contributed by atoms with Crippen molar-refractivity contribution < 1.29 is 4.74 Å². The van der Waals surface area contributed by atoms with Crippen LogP contribution in [0.4, 0.5) is 17.1 Å². The quantitative estimate of drug-likeness (QED) is 0.165. The van der Waals surface area contributed by atoms with Crippen LogP contribution in [0.15, 0.2) is 261 Å². The normalized spacial score (nSPS) is 12.9. The van der Waals surface area contributed by atoms with Crippen molar-refractivity contribution in [1.29, 1.82) is 0 Å². The summed E-state index contributed by atoms with van der Waals surface area (Å²) < 4.78 is 9.86. The zero-order valence-corrected chi connectivity index (χ0v) is 39.9. The van der Waals surface area contributed by atoms with Crippen molar-refractivity contribution in [2.45, 2.75) is 5.41 Å². The van der Waals surface area contributed by atoms with E-state index in [-0.39, 0.29) is 0 Å². The third-order valence-electron chi connectivity index (χ3n) is 15.3. The van der Waals surface area contributed by atoms with Crippen molar-refractivity contribution in [3.8, 4) is 56.0 Å². The first-order valence-corrected chi connectivity index (χ1v) is 25.5. The van der Waals surface area contributed by atoms with E-state index in [1.54, 1.807) is 0 Å². The second kappa shape index (κ2) is 16.0. The van der Waals surface area contributed by atoms with E-state index in [0.29, 0.717) is 0 Å². The molecule has 0 bridgehead atoms. The maximum atomic E-state index is 7.23. The van der Waals surface area contributed by atoms with Gasteiger partial charge >= 0.3 is 0 Å². The summed E-state index contributed by atoms with van der Waals surface area (Å²) in [6.45, 7) is 0. The average molecular weight is 934 g/mol. The Morgan fingerprint density at radius 1 is 0.306 bits per heavy atom. The number of fused-ring (bicyclic) bond motifs is 16. The zero-order chi connectivity index (χ0) is 47.3. The molecule has 15 rings (SSSR count). The Morgan fingerprint density at radius 2 is 0.819 bits per heavy atom. The molecule has 2 heterocycles. The van der Waals surface area contributed by atoms with Crippen LogP contribution >= 0.6 is 11.3 Å². The van der Waals surface area contributed by atoms with Gasteiger partial charge in [-0.05, 0) is 109 Å². The Morgan fingerprint density at radius 3 is 1.51 bits per heavy atom. The molecule has 72 heavy (non-hydrogen) atoms. The molecule has 0 fully saturated rings. The molecule has 2 nitrogen and oxygen atoms in total. The molecule has 12 aromatic carbocycles. The Hall–Kier alpha value is -9.02. The van der Waals surface area contributed by atoms with Crippen LogP contribution in [0.2, 0.25) is 0 Å². The molecule has 13 aromatic rings. The lowest BCUT2D eigenvalue weighted by atomic mass is 9.65. The van der Waals surface area contributed by atoms with Gasteiger partial charge in [0.2, 0.25) is 0 Å². The summed E-state index contributed by atoms with van der Waals surface area (Å²) in [6, 6.07) is 95.9. The fourth-order valence-corrected chi connectivity index (χ4v) is 13.2. The van der Waals surface area contributed by atoms with Crippen molar-refractivity contribution in [3.05, 3.63) is 283 Å². The fraction of sp³-hybridized carbons (Fsp3) is 0.0145. The van der Waals surface area contributed by atoms with Crippen molar-refractivity contribution in [1.82, 2.24) is 0 Å². The van der Waals surface area contributed by atoms with E-state index in [1.165, 1.54) is 81.4 Å². The number of rotatable bonds is 6. The Labute approximate surface area is 421 Å². The highest BCUT2D eigenvalue weighted by Crippen LogP contribution is 2.64. The maximum Gasteiger partial charge on any atom is 0.140 e. The van der Waals surface area contributed by atoms with Crippen LogP contribution in [0, 0.1) is 0 Å². The van der Waals surface area contributed by atoms with Gasteiger partial charge in [-0.15, -0.1) is 11.3 Å². The predicted octanol–water partition coefficient (Wildman–Crippen LogP) is 19.3. The van der Waals surface area contributed by atoms with E-state index in [0.717, 1.165) is 55.7 Å². The highest BCUT2D eigenvalue weighted by molar-refractivity contribution is 7.25. The molecular weight excluding hydrogens is 891 g/mol. The molecule has 0 unspecified atom stereocenters. The molecular formula is C69H43NOS. The van der Waals surface area contributed by atoms with Crippen molar-refractivity contribution >= 4 is 70.1 Å². The second-order valence-electron chi connectivity index (χ2n) is 19.1. The Bertz CT molecular complexity index is 4220. The van der Waals surface area contributed by atoms with Crippen LogP contribution < -0.4 is 9.64 Å². The van der Waals surface area contributed by atoms with Crippen molar-refractivity contribution in [3.63, 3.8) is 0 Å². The largest absolute Gasteiger partial charge is 0.455 e. The van der Waals surface area contributed by atoms with Gasteiger partial charge in [0.15, 0.2) is 0 Å². The predicted molar refractivity (Wildman–Crippen MR) is 303 cm³/mol. The number of benzene rings is 12. The summed E-state index contributed by atoms with van der Waals surface area (Å²) in [4.78, 5) is 2.41. The van der Waals surface area contributed by atoms with Gasteiger partial charge in [0.25, 0.3) is 0 Å². The average Bonchev–Trinajstić information content (AvgIpc) is 3.97. The third kappa shape index (κ3) is 6.08. The summed E-state index contributed by atoms with van der Waals surface area (Å²) in [7, 11) is 0. The van der Waals surface area contributed by atoms with Gasteiger partial charge in [0.1, 0.15) is 11.5 Å². The summed E-state index contributed by atoms with van der Waals surface area (Å²) in [5.41, 5.74) is 17.1.